The molecule has 214 valence electrons. The van der Waals surface area contributed by atoms with Gasteiger partial charge in [-0.15, -0.1) is 0 Å². The number of benzene rings is 1. The van der Waals surface area contributed by atoms with E-state index in [0.717, 1.165) is 12.3 Å². The second-order valence-corrected chi connectivity index (χ2v) is 9.40. The number of piperidine rings is 1. The standard InChI is InChI=1S/C26H25F6N5O3/c1-14(23(38)36-21-7-6-18(12-34-21)40-17-4-2-16(27)3-5-17)37-9-8-25(28,29)20(13-37)15-10-19(24(39)35-11-15)22(33)26(30,31)32/h2-7,10-12,14,20,22H,8-9,13,33H2,1H3,(H,35,39)(H,34,36,38)/t14-,20+,22-/m0/s1. The molecule has 0 aliphatic carbocycles. The molecule has 0 unspecified atom stereocenters. The molecule has 4 rings (SSSR count). The van der Waals surface area contributed by atoms with Crippen LogP contribution in [0, 0.1) is 5.82 Å². The van der Waals surface area contributed by atoms with Crippen molar-refractivity contribution in [3.63, 3.8) is 0 Å². The van der Waals surface area contributed by atoms with Gasteiger partial charge in [0, 0.05) is 31.3 Å². The minimum Gasteiger partial charge on any atom is -0.456 e. The monoisotopic (exact) mass is 569 g/mol. The molecule has 1 amide bonds. The molecule has 3 heterocycles. The maximum absolute atomic E-state index is 14.9. The normalized spacial score (nSPS) is 19.1. The molecule has 1 fully saturated rings. The molecule has 0 radical (unpaired) electrons. The van der Waals surface area contributed by atoms with E-state index in [9.17, 15) is 35.9 Å². The first-order valence-corrected chi connectivity index (χ1v) is 12.1. The second kappa shape index (κ2) is 11.3. The molecule has 2 aromatic heterocycles. The number of H-pyrrole nitrogens is 1. The Kier molecular flexibility index (Phi) is 8.21. The Morgan fingerprint density at radius 3 is 2.50 bits per heavy atom. The van der Waals surface area contributed by atoms with Gasteiger partial charge in [-0.1, -0.05) is 0 Å². The third kappa shape index (κ3) is 6.62. The van der Waals surface area contributed by atoms with Crippen LogP contribution in [0.3, 0.4) is 0 Å². The first kappa shape index (κ1) is 29.1. The van der Waals surface area contributed by atoms with Crippen LogP contribution in [0.15, 0.2) is 59.7 Å². The van der Waals surface area contributed by atoms with Gasteiger partial charge >= 0.3 is 6.18 Å². The van der Waals surface area contributed by atoms with Crippen LogP contribution in [0.1, 0.15) is 36.4 Å². The number of alkyl halides is 5. The number of aromatic nitrogens is 2. The summed E-state index contributed by atoms with van der Waals surface area (Å²) in [4.78, 5) is 32.5. The SMILES string of the molecule is C[C@@H](C(=O)Nc1ccc(Oc2ccc(F)cc2)cn1)N1CCC(F)(F)[C@@H](c2c[nH]c(=O)c([C@H](N)C(F)(F)F)c2)C1. The van der Waals surface area contributed by atoms with Crippen molar-refractivity contribution >= 4 is 11.7 Å². The minimum absolute atomic E-state index is 0.158. The van der Waals surface area contributed by atoms with Gasteiger partial charge in [0.2, 0.25) is 5.91 Å². The van der Waals surface area contributed by atoms with Crippen LogP contribution in [-0.2, 0) is 4.79 Å². The fourth-order valence-electron chi connectivity index (χ4n) is 4.30. The summed E-state index contributed by atoms with van der Waals surface area (Å²) in [5.74, 6) is -5.03. The van der Waals surface area contributed by atoms with Crippen LogP contribution in [0.2, 0.25) is 0 Å². The lowest BCUT2D eigenvalue weighted by Gasteiger charge is -2.40. The predicted molar refractivity (Wildman–Crippen MR) is 133 cm³/mol. The zero-order valence-corrected chi connectivity index (χ0v) is 21.0. The number of hydrogen-bond donors (Lipinski definition) is 3. The van der Waals surface area contributed by atoms with Gasteiger partial charge in [0.15, 0.2) is 0 Å². The average Bonchev–Trinajstić information content (AvgIpc) is 2.90. The van der Waals surface area contributed by atoms with Crippen LogP contribution < -0.4 is 21.3 Å². The van der Waals surface area contributed by atoms with Crippen LogP contribution in [0.4, 0.5) is 32.2 Å². The highest BCUT2D eigenvalue weighted by Crippen LogP contribution is 2.41. The minimum atomic E-state index is -4.95. The highest BCUT2D eigenvalue weighted by Gasteiger charge is 2.47. The quantitative estimate of drug-likeness (QED) is 0.355. The van der Waals surface area contributed by atoms with Crippen molar-refractivity contribution in [1.82, 2.24) is 14.9 Å². The van der Waals surface area contributed by atoms with Crippen molar-refractivity contribution in [1.29, 1.82) is 0 Å². The molecular weight excluding hydrogens is 544 g/mol. The molecule has 14 heteroatoms. The van der Waals surface area contributed by atoms with Crippen molar-refractivity contribution in [2.75, 3.05) is 18.4 Å². The van der Waals surface area contributed by atoms with Gasteiger partial charge in [-0.05, 0) is 55.0 Å². The molecule has 3 atom stereocenters. The molecule has 0 spiro atoms. The summed E-state index contributed by atoms with van der Waals surface area (Å²) < 4.78 is 87.7. The fraction of sp³-hybridized carbons (Fsp3) is 0.346. The maximum atomic E-state index is 14.9. The number of aromatic amines is 1. The molecular formula is C26H25F6N5O3. The maximum Gasteiger partial charge on any atom is 0.407 e. The zero-order chi connectivity index (χ0) is 29.2. The Morgan fingerprint density at radius 1 is 1.20 bits per heavy atom. The summed E-state index contributed by atoms with van der Waals surface area (Å²) in [6.07, 6.45) is -3.33. The Balaban J connectivity index is 1.44. The first-order valence-electron chi connectivity index (χ1n) is 12.1. The highest BCUT2D eigenvalue weighted by molar-refractivity contribution is 5.93. The van der Waals surface area contributed by atoms with Crippen molar-refractivity contribution in [2.45, 2.75) is 43.4 Å². The number of halogens is 6. The number of nitrogens with zero attached hydrogens (tertiary/aromatic N) is 2. The first-order chi connectivity index (χ1) is 18.7. The number of hydrogen-bond acceptors (Lipinski definition) is 6. The van der Waals surface area contributed by atoms with Crippen LogP contribution in [0.25, 0.3) is 0 Å². The van der Waals surface area contributed by atoms with Gasteiger partial charge in [-0.25, -0.2) is 18.2 Å². The molecule has 8 nitrogen and oxygen atoms in total. The van der Waals surface area contributed by atoms with Gasteiger partial charge < -0.3 is 20.8 Å². The van der Waals surface area contributed by atoms with E-state index in [-0.39, 0.29) is 24.5 Å². The summed E-state index contributed by atoms with van der Waals surface area (Å²) in [7, 11) is 0. The van der Waals surface area contributed by atoms with Crippen LogP contribution in [-0.4, -0.2) is 52.0 Å². The lowest BCUT2D eigenvalue weighted by Crippen LogP contribution is -2.52. The zero-order valence-electron chi connectivity index (χ0n) is 21.0. The number of carbonyl (C=O) groups is 1. The summed E-state index contributed by atoms with van der Waals surface area (Å²) in [5, 5.41) is 2.59. The number of amides is 1. The third-order valence-electron chi connectivity index (χ3n) is 6.67. The number of carbonyl (C=O) groups excluding carboxylic acids is 1. The van der Waals surface area contributed by atoms with E-state index < -0.39 is 59.4 Å². The number of anilines is 1. The van der Waals surface area contributed by atoms with E-state index >= 15 is 0 Å². The highest BCUT2D eigenvalue weighted by atomic mass is 19.4. The summed E-state index contributed by atoms with van der Waals surface area (Å²) in [5.41, 5.74) is 2.93. The summed E-state index contributed by atoms with van der Waals surface area (Å²) >= 11 is 0. The van der Waals surface area contributed by atoms with Crippen molar-refractivity contribution in [2.24, 2.45) is 5.73 Å². The lowest BCUT2D eigenvalue weighted by molar-refractivity contribution is -0.149. The Bertz CT molecular complexity index is 1400. The molecule has 1 aromatic carbocycles. The molecule has 0 saturated carbocycles. The van der Waals surface area contributed by atoms with Gasteiger partial charge in [0.05, 0.1) is 18.2 Å². The summed E-state index contributed by atoms with van der Waals surface area (Å²) in [6, 6.07) is 5.51. The topological polar surface area (TPSA) is 113 Å². The smallest absolute Gasteiger partial charge is 0.407 e. The lowest BCUT2D eigenvalue weighted by atomic mass is 9.86. The summed E-state index contributed by atoms with van der Waals surface area (Å²) in [6.45, 7) is 0.972. The molecule has 1 aliphatic rings. The van der Waals surface area contributed by atoms with Crippen LogP contribution in [0.5, 0.6) is 11.5 Å². The molecule has 1 saturated heterocycles. The Morgan fingerprint density at radius 2 is 1.88 bits per heavy atom. The molecule has 40 heavy (non-hydrogen) atoms. The van der Waals surface area contributed by atoms with Crippen molar-refractivity contribution < 1.29 is 35.9 Å². The van der Waals surface area contributed by atoms with Gasteiger partial charge in [0.1, 0.15) is 29.2 Å². The van der Waals surface area contributed by atoms with Gasteiger partial charge in [0.25, 0.3) is 11.5 Å². The van der Waals surface area contributed by atoms with Gasteiger partial charge in [-0.2, -0.15) is 13.2 Å². The van der Waals surface area contributed by atoms with E-state index in [1.807, 2.05) is 0 Å². The average molecular weight is 570 g/mol. The van der Waals surface area contributed by atoms with Crippen molar-refractivity contribution in [3.8, 4) is 11.5 Å². The molecule has 3 aromatic rings. The largest absolute Gasteiger partial charge is 0.456 e. The fourth-order valence-corrected chi connectivity index (χ4v) is 4.30. The number of rotatable bonds is 7. The van der Waals surface area contributed by atoms with E-state index in [2.05, 4.69) is 15.3 Å². The van der Waals surface area contributed by atoms with E-state index in [4.69, 9.17) is 10.5 Å². The molecule has 4 N–H and O–H groups in total. The number of pyridine rings is 2. The second-order valence-electron chi connectivity index (χ2n) is 9.40. The molecule has 1 aliphatic heterocycles. The number of nitrogens with two attached hydrogens (primary N) is 1. The number of ether oxygens (including phenoxy) is 1. The number of likely N-dealkylation sites (tertiary alicyclic amines) is 1. The Hall–Kier alpha value is -3.91. The molecule has 0 bridgehead atoms. The third-order valence-corrected chi connectivity index (χ3v) is 6.67. The van der Waals surface area contributed by atoms with Crippen molar-refractivity contribution in [3.05, 3.63) is 82.2 Å². The van der Waals surface area contributed by atoms with E-state index in [1.165, 1.54) is 54.4 Å². The number of nitrogens with one attached hydrogen (secondary N) is 2. The predicted octanol–water partition coefficient (Wildman–Crippen LogP) is 4.72. The van der Waals surface area contributed by atoms with Gasteiger partial charge in [-0.3, -0.25) is 14.5 Å². The van der Waals surface area contributed by atoms with Crippen LogP contribution >= 0.6 is 0 Å². The van der Waals surface area contributed by atoms with E-state index in [0.29, 0.717) is 11.5 Å². The Labute approximate surface area is 224 Å². The van der Waals surface area contributed by atoms with E-state index in [1.54, 1.807) is 0 Å².